The van der Waals surface area contributed by atoms with Gasteiger partial charge in [-0.25, -0.2) is 0 Å². The summed E-state index contributed by atoms with van der Waals surface area (Å²) in [6, 6.07) is 14.4. The minimum Gasteiger partial charge on any atom is -0.491 e. The van der Waals surface area contributed by atoms with E-state index in [0.717, 1.165) is 33.1 Å². The molecule has 0 unspecified atom stereocenters. The Morgan fingerprint density at radius 2 is 1.90 bits per heavy atom. The van der Waals surface area contributed by atoms with Crippen molar-refractivity contribution in [1.29, 1.82) is 0 Å². The zero-order valence-corrected chi connectivity index (χ0v) is 12.1. The maximum absolute atomic E-state index is 5.79. The van der Waals surface area contributed by atoms with Gasteiger partial charge in [0.2, 0.25) is 0 Å². The summed E-state index contributed by atoms with van der Waals surface area (Å²) in [4.78, 5) is 8.11. The van der Waals surface area contributed by atoms with Gasteiger partial charge in [0.1, 0.15) is 5.75 Å². The molecule has 2 heterocycles. The van der Waals surface area contributed by atoms with Crippen molar-refractivity contribution < 1.29 is 4.74 Å². The predicted molar refractivity (Wildman–Crippen MR) is 86.9 cm³/mol. The molecule has 0 atom stereocenters. The number of aromatic amines is 1. The van der Waals surface area contributed by atoms with Gasteiger partial charge in [0.25, 0.3) is 0 Å². The number of benzene rings is 2. The molecule has 0 bridgehead atoms. The molecule has 3 nitrogen and oxygen atoms in total. The zero-order valence-electron chi connectivity index (χ0n) is 12.1. The Labute approximate surface area is 122 Å². The van der Waals surface area contributed by atoms with E-state index in [1.165, 1.54) is 5.39 Å². The van der Waals surface area contributed by atoms with Gasteiger partial charge in [0.05, 0.1) is 17.1 Å². The molecule has 3 heteroatoms. The normalized spacial score (nSPS) is 11.8. The number of nitrogens with zero attached hydrogens (tertiary/aromatic N) is 1. The lowest BCUT2D eigenvalue weighted by Crippen LogP contribution is -2.05. The predicted octanol–water partition coefficient (Wildman–Crippen LogP) is 4.66. The van der Waals surface area contributed by atoms with Crippen LogP contribution in [0.2, 0.25) is 0 Å². The highest BCUT2D eigenvalue weighted by atomic mass is 16.5. The maximum atomic E-state index is 5.79. The second-order valence-corrected chi connectivity index (χ2v) is 5.57. The number of hydrogen-bond donors (Lipinski definition) is 1. The number of aromatic nitrogens is 2. The van der Waals surface area contributed by atoms with Crippen LogP contribution in [0, 0.1) is 0 Å². The van der Waals surface area contributed by atoms with Crippen LogP contribution in [0.5, 0.6) is 5.75 Å². The first-order valence-corrected chi connectivity index (χ1v) is 7.18. The second kappa shape index (κ2) is 4.48. The molecule has 0 spiro atoms. The number of rotatable bonds is 2. The van der Waals surface area contributed by atoms with Gasteiger partial charge in [0.15, 0.2) is 0 Å². The molecule has 0 amide bonds. The quantitative estimate of drug-likeness (QED) is 0.578. The van der Waals surface area contributed by atoms with E-state index in [1.54, 1.807) is 0 Å². The summed E-state index contributed by atoms with van der Waals surface area (Å²) < 4.78 is 5.79. The number of pyridine rings is 1. The Kier molecular flexibility index (Phi) is 2.61. The van der Waals surface area contributed by atoms with Crippen molar-refractivity contribution in [3.05, 3.63) is 48.7 Å². The summed E-state index contributed by atoms with van der Waals surface area (Å²) in [6.45, 7) is 4.07. The van der Waals surface area contributed by atoms with E-state index in [-0.39, 0.29) is 6.10 Å². The van der Waals surface area contributed by atoms with Crippen molar-refractivity contribution in [2.45, 2.75) is 20.0 Å². The molecule has 2 aromatic carbocycles. The Balaban J connectivity index is 2.04. The molecule has 21 heavy (non-hydrogen) atoms. The lowest BCUT2D eigenvalue weighted by molar-refractivity contribution is 0.243. The monoisotopic (exact) mass is 276 g/mol. The molecule has 4 rings (SSSR count). The van der Waals surface area contributed by atoms with E-state index < -0.39 is 0 Å². The van der Waals surface area contributed by atoms with Crippen LogP contribution in [0.25, 0.3) is 32.7 Å². The average molecular weight is 276 g/mol. The van der Waals surface area contributed by atoms with E-state index in [1.807, 2.05) is 32.2 Å². The van der Waals surface area contributed by atoms with Gasteiger partial charge in [-0.1, -0.05) is 24.3 Å². The van der Waals surface area contributed by atoms with E-state index in [2.05, 4.69) is 40.3 Å². The van der Waals surface area contributed by atoms with E-state index in [9.17, 15) is 0 Å². The van der Waals surface area contributed by atoms with Gasteiger partial charge >= 0.3 is 0 Å². The van der Waals surface area contributed by atoms with Crippen molar-refractivity contribution in [1.82, 2.24) is 9.97 Å². The molecule has 0 radical (unpaired) electrons. The van der Waals surface area contributed by atoms with Crippen LogP contribution >= 0.6 is 0 Å². The highest BCUT2D eigenvalue weighted by Gasteiger charge is 2.10. The molecule has 0 aliphatic heterocycles. The highest BCUT2D eigenvalue weighted by Crippen LogP contribution is 2.31. The Hall–Kier alpha value is -2.55. The standard InChI is InChI=1S/C18H16N2O/c1-11(2)21-13-7-8-16-15(9-13)17-18(20-16)14-6-4-3-5-12(14)10-19-17/h3-11,20H,1-2H3. The first kappa shape index (κ1) is 12.2. The zero-order chi connectivity index (χ0) is 14.4. The summed E-state index contributed by atoms with van der Waals surface area (Å²) in [5.41, 5.74) is 3.17. The summed E-state index contributed by atoms with van der Waals surface area (Å²) in [5, 5.41) is 3.45. The van der Waals surface area contributed by atoms with Crippen LogP contribution in [0.4, 0.5) is 0 Å². The van der Waals surface area contributed by atoms with Gasteiger partial charge < -0.3 is 9.72 Å². The molecule has 0 saturated carbocycles. The van der Waals surface area contributed by atoms with Crippen LogP contribution in [0.15, 0.2) is 48.7 Å². The molecule has 2 aromatic heterocycles. The Morgan fingerprint density at radius 3 is 2.76 bits per heavy atom. The van der Waals surface area contributed by atoms with Crippen molar-refractivity contribution in [3.8, 4) is 5.75 Å². The van der Waals surface area contributed by atoms with Crippen LogP contribution in [-0.4, -0.2) is 16.1 Å². The van der Waals surface area contributed by atoms with Gasteiger partial charge in [-0.2, -0.15) is 0 Å². The fraction of sp³-hybridized carbons (Fsp3) is 0.167. The Morgan fingerprint density at radius 1 is 1.05 bits per heavy atom. The number of fused-ring (bicyclic) bond motifs is 5. The molecule has 0 aliphatic carbocycles. The lowest BCUT2D eigenvalue weighted by Gasteiger charge is -2.09. The Bertz CT molecular complexity index is 953. The smallest absolute Gasteiger partial charge is 0.120 e. The van der Waals surface area contributed by atoms with Crippen LogP contribution in [0.1, 0.15) is 13.8 Å². The van der Waals surface area contributed by atoms with Gasteiger partial charge in [-0.15, -0.1) is 0 Å². The third-order valence-electron chi connectivity index (χ3n) is 3.68. The van der Waals surface area contributed by atoms with Crippen LogP contribution in [-0.2, 0) is 0 Å². The summed E-state index contributed by atoms with van der Waals surface area (Å²) >= 11 is 0. The minimum atomic E-state index is 0.168. The SMILES string of the molecule is CC(C)Oc1ccc2[nH]c3c4ccccc4cnc3c2c1. The lowest BCUT2D eigenvalue weighted by atomic mass is 10.1. The molecule has 4 aromatic rings. The molecule has 1 N–H and O–H groups in total. The summed E-state index contributed by atoms with van der Waals surface area (Å²) in [5.74, 6) is 0.883. The summed E-state index contributed by atoms with van der Waals surface area (Å²) in [7, 11) is 0. The number of nitrogens with one attached hydrogen (secondary N) is 1. The molecular formula is C18H16N2O. The van der Waals surface area contributed by atoms with Gasteiger partial charge in [-0.05, 0) is 32.0 Å². The fourth-order valence-electron chi connectivity index (χ4n) is 2.80. The van der Waals surface area contributed by atoms with Crippen molar-refractivity contribution in [3.63, 3.8) is 0 Å². The molecule has 0 saturated heterocycles. The minimum absolute atomic E-state index is 0.168. The van der Waals surface area contributed by atoms with Gasteiger partial charge in [0, 0.05) is 27.9 Å². The van der Waals surface area contributed by atoms with Crippen LogP contribution < -0.4 is 4.74 Å². The van der Waals surface area contributed by atoms with Crippen molar-refractivity contribution in [2.75, 3.05) is 0 Å². The second-order valence-electron chi connectivity index (χ2n) is 5.57. The molecular weight excluding hydrogens is 260 g/mol. The first-order valence-electron chi connectivity index (χ1n) is 7.18. The number of ether oxygens (including phenoxy) is 1. The third-order valence-corrected chi connectivity index (χ3v) is 3.68. The highest BCUT2D eigenvalue weighted by molar-refractivity contribution is 6.14. The largest absolute Gasteiger partial charge is 0.491 e. The van der Waals surface area contributed by atoms with Gasteiger partial charge in [-0.3, -0.25) is 4.98 Å². The van der Waals surface area contributed by atoms with Crippen molar-refractivity contribution in [2.24, 2.45) is 0 Å². The summed E-state index contributed by atoms with van der Waals surface area (Å²) in [6.07, 6.45) is 2.10. The first-order chi connectivity index (χ1) is 10.2. The average Bonchev–Trinajstić information content (AvgIpc) is 2.85. The molecule has 104 valence electrons. The fourth-order valence-corrected chi connectivity index (χ4v) is 2.80. The third kappa shape index (κ3) is 1.93. The van der Waals surface area contributed by atoms with E-state index in [0.29, 0.717) is 0 Å². The number of H-pyrrole nitrogens is 1. The molecule has 0 fully saturated rings. The number of hydrogen-bond acceptors (Lipinski definition) is 2. The van der Waals surface area contributed by atoms with E-state index >= 15 is 0 Å². The van der Waals surface area contributed by atoms with Crippen molar-refractivity contribution >= 4 is 32.7 Å². The topological polar surface area (TPSA) is 37.9 Å². The van der Waals surface area contributed by atoms with E-state index in [4.69, 9.17) is 4.74 Å². The molecule has 0 aliphatic rings. The van der Waals surface area contributed by atoms with Crippen LogP contribution in [0.3, 0.4) is 0 Å². The maximum Gasteiger partial charge on any atom is 0.120 e.